The predicted octanol–water partition coefficient (Wildman–Crippen LogP) is 5.27. The number of hydrogen-bond acceptors (Lipinski definition) is 8. The highest BCUT2D eigenvalue weighted by atomic mass is 32.1. The Morgan fingerprint density at radius 3 is 2.60 bits per heavy atom. The van der Waals surface area contributed by atoms with Gasteiger partial charge in [-0.25, -0.2) is 15.0 Å². The quantitative estimate of drug-likeness (QED) is 0.455. The van der Waals surface area contributed by atoms with Gasteiger partial charge in [-0.1, -0.05) is 30.6 Å². The van der Waals surface area contributed by atoms with Crippen molar-refractivity contribution in [2.45, 2.75) is 38.1 Å². The van der Waals surface area contributed by atoms with Gasteiger partial charge in [-0.15, -0.1) is 0 Å². The zero-order chi connectivity index (χ0) is 20.3. The molecule has 0 amide bonds. The molecule has 3 heterocycles. The fourth-order valence-electron chi connectivity index (χ4n) is 3.69. The number of nitrogens with one attached hydrogen (secondary N) is 1. The van der Waals surface area contributed by atoms with E-state index in [1.165, 1.54) is 32.1 Å². The molecule has 1 aliphatic rings. The Hall–Kier alpha value is -3.26. The fourth-order valence-corrected chi connectivity index (χ4v) is 4.66. The fraction of sp³-hybridized carbons (Fsp3) is 0.273. The second-order valence-corrected chi connectivity index (χ2v) is 8.47. The number of fused-ring (bicyclic) bond motifs is 1. The molecule has 1 aromatic carbocycles. The van der Waals surface area contributed by atoms with Crippen LogP contribution in [-0.4, -0.2) is 26.0 Å². The first-order valence-corrected chi connectivity index (χ1v) is 10.9. The van der Waals surface area contributed by atoms with Gasteiger partial charge in [0.25, 0.3) is 0 Å². The maximum atomic E-state index is 6.08. The van der Waals surface area contributed by atoms with Gasteiger partial charge in [-0.2, -0.15) is 0 Å². The summed E-state index contributed by atoms with van der Waals surface area (Å²) in [5, 5.41) is 4.60. The molecule has 1 fully saturated rings. The number of hydrogen-bond donors (Lipinski definition) is 2. The lowest BCUT2D eigenvalue weighted by Crippen LogP contribution is -2.21. The molecular weight excluding hydrogens is 396 g/mol. The maximum Gasteiger partial charge on any atom is 0.219 e. The van der Waals surface area contributed by atoms with Gasteiger partial charge in [0.1, 0.15) is 11.5 Å². The number of nitrogens with zero attached hydrogens (tertiary/aromatic N) is 4. The molecule has 7 nitrogen and oxygen atoms in total. The summed E-state index contributed by atoms with van der Waals surface area (Å²) < 4.78 is 7.19. The van der Waals surface area contributed by atoms with Crippen LogP contribution in [0.25, 0.3) is 21.5 Å². The van der Waals surface area contributed by atoms with Crippen LogP contribution in [0.4, 0.5) is 11.1 Å². The molecule has 152 valence electrons. The van der Waals surface area contributed by atoms with E-state index in [2.05, 4.69) is 20.3 Å². The number of anilines is 2. The zero-order valence-corrected chi connectivity index (χ0v) is 17.2. The number of ether oxygens (including phenoxy) is 1. The number of rotatable bonds is 5. The van der Waals surface area contributed by atoms with Crippen molar-refractivity contribution in [2.24, 2.45) is 0 Å². The number of nitrogen functional groups attached to an aromatic ring is 1. The summed E-state index contributed by atoms with van der Waals surface area (Å²) in [5.74, 6) is 1.70. The van der Waals surface area contributed by atoms with E-state index in [-0.39, 0.29) is 5.95 Å². The summed E-state index contributed by atoms with van der Waals surface area (Å²) in [5.41, 5.74) is 8.06. The largest absolute Gasteiger partial charge is 0.457 e. The van der Waals surface area contributed by atoms with Crippen molar-refractivity contribution in [1.82, 2.24) is 19.9 Å². The lowest BCUT2D eigenvalue weighted by Gasteiger charge is -2.22. The second kappa shape index (κ2) is 8.23. The summed E-state index contributed by atoms with van der Waals surface area (Å²) >= 11 is 1.67. The first-order valence-electron chi connectivity index (χ1n) is 10.1. The molecule has 0 spiro atoms. The molecule has 0 radical (unpaired) electrons. The van der Waals surface area contributed by atoms with Crippen LogP contribution in [0.1, 0.15) is 32.1 Å². The summed E-state index contributed by atoms with van der Waals surface area (Å²) in [6.45, 7) is 0. The Bertz CT molecular complexity index is 1150. The van der Waals surface area contributed by atoms with E-state index in [0.717, 1.165) is 32.4 Å². The van der Waals surface area contributed by atoms with E-state index in [1.807, 2.05) is 30.3 Å². The monoisotopic (exact) mass is 418 g/mol. The Labute approximate surface area is 178 Å². The number of pyridine rings is 1. The molecule has 30 heavy (non-hydrogen) atoms. The van der Waals surface area contributed by atoms with Crippen LogP contribution in [0.5, 0.6) is 11.5 Å². The zero-order valence-electron chi connectivity index (χ0n) is 16.4. The average Bonchev–Trinajstić information content (AvgIpc) is 3.17. The number of nitrogens with two attached hydrogens (primary N) is 1. The summed E-state index contributed by atoms with van der Waals surface area (Å²) in [6, 6.07) is 10.2. The molecule has 8 heteroatoms. The third-order valence-corrected chi connectivity index (χ3v) is 6.18. The van der Waals surface area contributed by atoms with E-state index >= 15 is 0 Å². The summed E-state index contributed by atoms with van der Waals surface area (Å²) in [4.78, 5) is 17.1. The Morgan fingerprint density at radius 1 is 0.967 bits per heavy atom. The molecule has 3 N–H and O–H groups in total. The SMILES string of the molecule is Nc1ncc(-c2cc(Oc3ccc4nc(NC5CCCCC5)sc4c3)ccn2)cn1. The average molecular weight is 419 g/mol. The molecule has 5 rings (SSSR count). The molecule has 0 bridgehead atoms. The van der Waals surface area contributed by atoms with E-state index in [1.54, 1.807) is 29.9 Å². The molecule has 3 aromatic heterocycles. The van der Waals surface area contributed by atoms with Crippen LogP contribution >= 0.6 is 11.3 Å². The third-order valence-electron chi connectivity index (χ3n) is 5.23. The topological polar surface area (TPSA) is 98.8 Å². The van der Waals surface area contributed by atoms with Crippen LogP contribution in [0, 0.1) is 0 Å². The summed E-state index contributed by atoms with van der Waals surface area (Å²) in [6.07, 6.45) is 11.4. The highest BCUT2D eigenvalue weighted by Crippen LogP contribution is 2.33. The van der Waals surface area contributed by atoms with Crippen molar-refractivity contribution in [3.63, 3.8) is 0 Å². The van der Waals surface area contributed by atoms with E-state index in [9.17, 15) is 0 Å². The Balaban J connectivity index is 1.34. The van der Waals surface area contributed by atoms with Gasteiger partial charge in [-0.3, -0.25) is 4.98 Å². The van der Waals surface area contributed by atoms with Crippen LogP contribution < -0.4 is 15.8 Å². The first-order chi connectivity index (χ1) is 14.7. The van der Waals surface area contributed by atoms with Gasteiger partial charge < -0.3 is 15.8 Å². The van der Waals surface area contributed by atoms with Crippen molar-refractivity contribution < 1.29 is 4.74 Å². The smallest absolute Gasteiger partial charge is 0.219 e. The standard InChI is InChI=1S/C22H22N6OS/c23-21-25-12-14(13-26-21)19-10-17(8-9-24-19)29-16-6-7-18-20(11-16)30-22(28-18)27-15-4-2-1-3-5-15/h6-13,15H,1-5H2,(H,27,28)(H2,23,25,26). The summed E-state index contributed by atoms with van der Waals surface area (Å²) in [7, 11) is 0. The third kappa shape index (κ3) is 4.18. The van der Waals surface area contributed by atoms with Gasteiger partial charge in [-0.05, 0) is 31.0 Å². The number of thiazole rings is 1. The molecule has 0 unspecified atom stereocenters. The van der Waals surface area contributed by atoms with Crippen LogP contribution in [0.3, 0.4) is 0 Å². The highest BCUT2D eigenvalue weighted by molar-refractivity contribution is 7.22. The van der Waals surface area contributed by atoms with Gasteiger partial charge in [0.2, 0.25) is 5.95 Å². The number of benzene rings is 1. The van der Waals surface area contributed by atoms with Gasteiger partial charge in [0.05, 0.1) is 15.9 Å². The molecule has 1 aliphatic carbocycles. The van der Waals surface area contributed by atoms with Gasteiger partial charge in [0, 0.05) is 42.3 Å². The van der Waals surface area contributed by atoms with E-state index in [4.69, 9.17) is 15.5 Å². The second-order valence-electron chi connectivity index (χ2n) is 7.44. The molecular formula is C22H22N6OS. The van der Waals surface area contributed by atoms with Crippen molar-refractivity contribution in [3.05, 3.63) is 48.9 Å². The van der Waals surface area contributed by atoms with E-state index in [0.29, 0.717) is 11.8 Å². The minimum atomic E-state index is 0.237. The minimum absolute atomic E-state index is 0.237. The Morgan fingerprint density at radius 2 is 1.77 bits per heavy atom. The maximum absolute atomic E-state index is 6.08. The van der Waals surface area contributed by atoms with Gasteiger partial charge >= 0.3 is 0 Å². The van der Waals surface area contributed by atoms with Crippen molar-refractivity contribution in [1.29, 1.82) is 0 Å². The number of aromatic nitrogens is 4. The highest BCUT2D eigenvalue weighted by Gasteiger charge is 2.15. The first kappa shape index (κ1) is 18.7. The minimum Gasteiger partial charge on any atom is -0.457 e. The molecule has 0 aliphatic heterocycles. The molecule has 4 aromatic rings. The van der Waals surface area contributed by atoms with Gasteiger partial charge in [0.15, 0.2) is 5.13 Å². The van der Waals surface area contributed by atoms with Crippen LogP contribution in [0.2, 0.25) is 0 Å². The lowest BCUT2D eigenvalue weighted by atomic mass is 9.96. The van der Waals surface area contributed by atoms with E-state index < -0.39 is 0 Å². The molecule has 0 saturated heterocycles. The van der Waals surface area contributed by atoms with Crippen LogP contribution in [0.15, 0.2) is 48.9 Å². The molecule has 0 atom stereocenters. The van der Waals surface area contributed by atoms with Crippen molar-refractivity contribution >= 4 is 32.6 Å². The normalized spacial score (nSPS) is 14.7. The lowest BCUT2D eigenvalue weighted by molar-refractivity contribution is 0.462. The predicted molar refractivity (Wildman–Crippen MR) is 120 cm³/mol. The van der Waals surface area contributed by atoms with Crippen LogP contribution in [-0.2, 0) is 0 Å². The van der Waals surface area contributed by atoms with Crippen molar-refractivity contribution in [3.8, 4) is 22.8 Å². The Kier molecular flexibility index (Phi) is 5.15. The van der Waals surface area contributed by atoms with Crippen molar-refractivity contribution in [2.75, 3.05) is 11.1 Å². The molecule has 1 saturated carbocycles.